The maximum Gasteiger partial charge on any atom is 0.305 e. The normalized spacial score (nSPS) is 10.4. The smallest absolute Gasteiger partial charge is 0.305 e. The van der Waals surface area contributed by atoms with Gasteiger partial charge in [-0.2, -0.15) is 0 Å². The number of nitrogens with zero attached hydrogens (tertiary/aromatic N) is 1. The molecule has 100 valence electrons. The van der Waals surface area contributed by atoms with Crippen LogP contribution >= 0.6 is 0 Å². The lowest BCUT2D eigenvalue weighted by atomic mass is 10.0. The molecule has 0 aliphatic rings. The summed E-state index contributed by atoms with van der Waals surface area (Å²) in [6, 6.07) is 6.29. The van der Waals surface area contributed by atoms with Crippen LogP contribution in [0.2, 0.25) is 0 Å². The highest BCUT2D eigenvalue weighted by Gasteiger charge is 2.13. The van der Waals surface area contributed by atoms with Gasteiger partial charge >= 0.3 is 5.97 Å². The molecule has 0 radical (unpaired) electrons. The van der Waals surface area contributed by atoms with E-state index >= 15 is 0 Å². The van der Waals surface area contributed by atoms with Gasteiger partial charge in [0.05, 0.1) is 6.42 Å². The molecule has 0 heterocycles. The molecule has 0 spiro atoms. The molecule has 0 aliphatic heterocycles. The molecule has 1 aromatic carbocycles. The topological polar surface area (TPSA) is 40.5 Å². The molecule has 18 heavy (non-hydrogen) atoms. The predicted molar refractivity (Wildman–Crippen MR) is 75.3 cm³/mol. The Morgan fingerprint density at radius 2 is 2.00 bits per heavy atom. The third-order valence-electron chi connectivity index (χ3n) is 3.11. The van der Waals surface area contributed by atoms with Crippen LogP contribution in [0.5, 0.6) is 0 Å². The van der Waals surface area contributed by atoms with Crippen LogP contribution in [-0.2, 0) is 11.2 Å². The molecule has 0 aromatic heterocycles. The summed E-state index contributed by atoms with van der Waals surface area (Å²) in [7, 11) is 0. The first-order valence-corrected chi connectivity index (χ1v) is 6.65. The maximum absolute atomic E-state index is 10.8. The number of anilines is 1. The number of carbonyl (C=O) groups is 1. The minimum absolute atomic E-state index is 0.192. The molecule has 0 atom stereocenters. The van der Waals surface area contributed by atoms with Crippen LogP contribution in [0.15, 0.2) is 18.2 Å². The minimum atomic E-state index is -0.734. The van der Waals surface area contributed by atoms with Crippen LogP contribution in [0.1, 0.15) is 37.8 Å². The Morgan fingerprint density at radius 1 is 1.28 bits per heavy atom. The van der Waals surface area contributed by atoms with Crippen molar-refractivity contribution < 1.29 is 9.90 Å². The number of rotatable bonds is 7. The Hall–Kier alpha value is -1.51. The molecule has 1 rings (SSSR count). The number of hydrogen-bond donors (Lipinski definition) is 1. The molecule has 0 fully saturated rings. The molecule has 0 saturated heterocycles. The Kier molecular flexibility index (Phi) is 5.69. The highest BCUT2D eigenvalue weighted by Crippen LogP contribution is 2.26. The lowest BCUT2D eigenvalue weighted by Crippen LogP contribution is -2.28. The van der Waals surface area contributed by atoms with Crippen molar-refractivity contribution in [3.63, 3.8) is 0 Å². The van der Waals surface area contributed by atoms with E-state index < -0.39 is 5.97 Å². The van der Waals surface area contributed by atoms with Crippen molar-refractivity contribution in [1.29, 1.82) is 0 Å². The van der Waals surface area contributed by atoms with Crippen molar-refractivity contribution >= 4 is 11.7 Å². The number of benzene rings is 1. The minimum Gasteiger partial charge on any atom is -0.481 e. The fraction of sp³-hybridized carbons (Fsp3) is 0.533. The molecule has 1 aromatic rings. The maximum atomic E-state index is 10.8. The quantitative estimate of drug-likeness (QED) is 0.806. The van der Waals surface area contributed by atoms with E-state index in [4.69, 9.17) is 5.11 Å². The summed E-state index contributed by atoms with van der Waals surface area (Å²) in [6.45, 7) is 7.85. The number of para-hydroxylation sites is 1. The second-order valence-corrected chi connectivity index (χ2v) is 4.57. The van der Waals surface area contributed by atoms with E-state index in [1.807, 2.05) is 0 Å². The summed E-state index contributed by atoms with van der Waals surface area (Å²) in [5.41, 5.74) is 3.75. The second-order valence-electron chi connectivity index (χ2n) is 4.57. The zero-order valence-corrected chi connectivity index (χ0v) is 11.6. The van der Waals surface area contributed by atoms with E-state index in [0.717, 1.165) is 19.4 Å². The van der Waals surface area contributed by atoms with E-state index in [1.54, 1.807) is 0 Å². The lowest BCUT2D eigenvalue weighted by molar-refractivity contribution is -0.136. The van der Waals surface area contributed by atoms with Crippen LogP contribution in [0.4, 0.5) is 5.69 Å². The van der Waals surface area contributed by atoms with Gasteiger partial charge in [-0.3, -0.25) is 4.79 Å². The third-order valence-corrected chi connectivity index (χ3v) is 3.11. The Balaban J connectivity index is 3.00. The molecule has 1 N–H and O–H groups in total. The molecular weight excluding hydrogens is 226 g/mol. The van der Waals surface area contributed by atoms with E-state index in [1.165, 1.54) is 16.8 Å². The van der Waals surface area contributed by atoms with Gasteiger partial charge in [0.25, 0.3) is 0 Å². The summed E-state index contributed by atoms with van der Waals surface area (Å²) < 4.78 is 0. The number of carboxylic acid groups (broad SMARTS) is 1. The van der Waals surface area contributed by atoms with Gasteiger partial charge in [0.2, 0.25) is 0 Å². The standard InChI is InChI=1S/C15H23NO2/c1-4-10-16(11-9-14(17)18)15-12(3)7-6-8-13(15)5-2/h6-8H,4-5,9-11H2,1-3H3,(H,17,18). The number of hydrogen-bond acceptors (Lipinski definition) is 2. The fourth-order valence-electron chi connectivity index (χ4n) is 2.29. The molecule has 0 unspecified atom stereocenters. The summed E-state index contributed by atoms with van der Waals surface area (Å²) in [4.78, 5) is 13.0. The van der Waals surface area contributed by atoms with Gasteiger partial charge in [0.1, 0.15) is 0 Å². The first kappa shape index (κ1) is 14.6. The summed E-state index contributed by atoms with van der Waals surface area (Å²) >= 11 is 0. The van der Waals surface area contributed by atoms with Crippen molar-refractivity contribution in [3.8, 4) is 0 Å². The van der Waals surface area contributed by atoms with Crippen LogP contribution in [0.3, 0.4) is 0 Å². The second kappa shape index (κ2) is 7.04. The van der Waals surface area contributed by atoms with Crippen molar-refractivity contribution in [2.24, 2.45) is 0 Å². The summed E-state index contributed by atoms with van der Waals surface area (Å²) in [5.74, 6) is -0.734. The monoisotopic (exact) mass is 249 g/mol. The third kappa shape index (κ3) is 3.76. The zero-order chi connectivity index (χ0) is 13.5. The SMILES string of the molecule is CCCN(CCC(=O)O)c1c(C)cccc1CC. The van der Waals surface area contributed by atoms with Gasteiger partial charge in [-0.15, -0.1) is 0 Å². The molecule has 0 bridgehead atoms. The number of carboxylic acids is 1. The van der Waals surface area contributed by atoms with Crippen molar-refractivity contribution in [1.82, 2.24) is 0 Å². The number of aliphatic carboxylic acids is 1. The first-order valence-electron chi connectivity index (χ1n) is 6.65. The lowest BCUT2D eigenvalue weighted by Gasteiger charge is -2.28. The molecule has 0 amide bonds. The molecule has 3 nitrogen and oxygen atoms in total. The van der Waals surface area contributed by atoms with Gasteiger partial charge < -0.3 is 10.0 Å². The highest BCUT2D eigenvalue weighted by atomic mass is 16.4. The van der Waals surface area contributed by atoms with Gasteiger partial charge in [-0.05, 0) is 30.9 Å². The molecule has 0 saturated carbocycles. The van der Waals surface area contributed by atoms with Crippen LogP contribution in [-0.4, -0.2) is 24.2 Å². The summed E-state index contributed by atoms with van der Waals surface area (Å²) in [6.07, 6.45) is 2.19. The van der Waals surface area contributed by atoms with E-state index in [-0.39, 0.29) is 6.42 Å². The van der Waals surface area contributed by atoms with E-state index in [2.05, 4.69) is 43.9 Å². The van der Waals surface area contributed by atoms with Crippen molar-refractivity contribution in [3.05, 3.63) is 29.3 Å². The van der Waals surface area contributed by atoms with Crippen LogP contribution < -0.4 is 4.90 Å². The van der Waals surface area contributed by atoms with Gasteiger partial charge in [0, 0.05) is 18.8 Å². The fourth-order valence-corrected chi connectivity index (χ4v) is 2.29. The van der Waals surface area contributed by atoms with Gasteiger partial charge in [-0.1, -0.05) is 32.0 Å². The predicted octanol–water partition coefficient (Wildman–Crippen LogP) is 3.25. The largest absolute Gasteiger partial charge is 0.481 e. The van der Waals surface area contributed by atoms with Crippen LogP contribution in [0, 0.1) is 6.92 Å². The molecule has 0 aliphatic carbocycles. The molecule has 3 heteroatoms. The van der Waals surface area contributed by atoms with Crippen LogP contribution in [0.25, 0.3) is 0 Å². The Morgan fingerprint density at radius 3 is 2.56 bits per heavy atom. The van der Waals surface area contributed by atoms with Crippen molar-refractivity contribution in [2.45, 2.75) is 40.0 Å². The van der Waals surface area contributed by atoms with E-state index in [0.29, 0.717) is 6.54 Å². The van der Waals surface area contributed by atoms with Crippen molar-refractivity contribution in [2.75, 3.05) is 18.0 Å². The first-order chi connectivity index (χ1) is 8.60. The van der Waals surface area contributed by atoms with Gasteiger partial charge in [0.15, 0.2) is 0 Å². The highest BCUT2D eigenvalue weighted by molar-refractivity contribution is 5.68. The number of aryl methyl sites for hydroxylation is 2. The summed E-state index contributed by atoms with van der Waals surface area (Å²) in [5, 5.41) is 8.85. The average Bonchev–Trinajstić information content (AvgIpc) is 2.34. The zero-order valence-electron chi connectivity index (χ0n) is 11.6. The average molecular weight is 249 g/mol. The Labute approximate surface area is 109 Å². The van der Waals surface area contributed by atoms with Gasteiger partial charge in [-0.25, -0.2) is 0 Å². The van der Waals surface area contributed by atoms with E-state index in [9.17, 15) is 4.79 Å². The Bertz CT molecular complexity index is 401. The molecular formula is C15H23NO2.